The molecule has 8 N–H and O–H groups in total. The average molecular weight is 858 g/mol. The molecule has 0 aromatic carbocycles. The van der Waals surface area contributed by atoms with E-state index in [0.29, 0.717) is 19.3 Å². The van der Waals surface area contributed by atoms with Crippen molar-refractivity contribution in [1.82, 2.24) is 5.32 Å². The Morgan fingerprint density at radius 3 is 1.40 bits per heavy atom. The second-order valence-corrected chi connectivity index (χ2v) is 17.9. The third-order valence-electron chi connectivity index (χ3n) is 12.3. The van der Waals surface area contributed by atoms with Gasteiger partial charge in [0, 0.05) is 0 Å². The van der Waals surface area contributed by atoms with Crippen LogP contribution in [0.2, 0.25) is 0 Å². The second kappa shape index (κ2) is 39.4. The maximum atomic E-state index is 13.1. The molecule has 1 aliphatic heterocycles. The molecule has 0 saturated carbocycles. The predicted octanol–water partition coefficient (Wildman–Crippen LogP) is 8.84. The summed E-state index contributed by atoms with van der Waals surface area (Å²) < 4.78 is 11.1. The molecular formula is C49H95NO10. The van der Waals surface area contributed by atoms with Gasteiger partial charge in [-0.1, -0.05) is 199 Å². The van der Waals surface area contributed by atoms with Crippen LogP contribution in [0.4, 0.5) is 0 Å². The van der Waals surface area contributed by atoms with Crippen molar-refractivity contribution >= 4 is 5.91 Å². The SMILES string of the molecule is CCCCCCCCCCCC/C=C\CCCCCCCCC(O)C(=O)NC(COC1OC(CO)C(O)C(O)C1O)C(O)C(O)CCCCCCCCCCCCCCC. The first-order valence-corrected chi connectivity index (χ1v) is 25.1. The third kappa shape index (κ3) is 28.5. The maximum absolute atomic E-state index is 13.1. The first kappa shape index (κ1) is 56.9. The fraction of sp³-hybridized carbons (Fsp3) is 0.939. The van der Waals surface area contributed by atoms with E-state index in [1.807, 2.05) is 0 Å². The first-order valence-electron chi connectivity index (χ1n) is 25.1. The van der Waals surface area contributed by atoms with E-state index in [4.69, 9.17) is 9.47 Å². The minimum atomic E-state index is -1.66. The molecular weight excluding hydrogens is 763 g/mol. The highest BCUT2D eigenvalue weighted by atomic mass is 16.7. The number of aliphatic hydroxyl groups excluding tert-OH is 7. The minimum absolute atomic E-state index is 0.255. The number of ether oxygens (including phenoxy) is 2. The summed E-state index contributed by atoms with van der Waals surface area (Å²) >= 11 is 0. The number of rotatable bonds is 42. The smallest absolute Gasteiger partial charge is 0.249 e. The summed E-state index contributed by atoms with van der Waals surface area (Å²) in [5.74, 6) is -0.700. The molecule has 356 valence electrons. The van der Waals surface area contributed by atoms with Crippen LogP contribution in [0, 0.1) is 0 Å². The third-order valence-corrected chi connectivity index (χ3v) is 12.3. The minimum Gasteiger partial charge on any atom is -0.394 e. The number of carbonyl (C=O) groups excluding carboxylic acids is 1. The van der Waals surface area contributed by atoms with Crippen molar-refractivity contribution in [2.24, 2.45) is 0 Å². The van der Waals surface area contributed by atoms with Crippen LogP contribution in [-0.4, -0.2) is 110 Å². The van der Waals surface area contributed by atoms with Crippen molar-refractivity contribution in [3.8, 4) is 0 Å². The number of aliphatic hydroxyl groups is 7. The van der Waals surface area contributed by atoms with E-state index in [0.717, 1.165) is 51.4 Å². The zero-order chi connectivity index (χ0) is 44.1. The molecule has 0 aromatic heterocycles. The Morgan fingerprint density at radius 1 is 0.567 bits per heavy atom. The summed E-state index contributed by atoms with van der Waals surface area (Å²) in [6.45, 7) is 3.45. The Labute approximate surface area is 366 Å². The predicted molar refractivity (Wildman–Crippen MR) is 243 cm³/mol. The van der Waals surface area contributed by atoms with Gasteiger partial charge < -0.3 is 50.5 Å². The lowest BCUT2D eigenvalue weighted by molar-refractivity contribution is -0.303. The molecule has 1 amide bonds. The molecule has 1 saturated heterocycles. The zero-order valence-corrected chi connectivity index (χ0v) is 38.5. The van der Waals surface area contributed by atoms with Gasteiger partial charge in [0.15, 0.2) is 6.29 Å². The molecule has 9 unspecified atom stereocenters. The van der Waals surface area contributed by atoms with Crippen LogP contribution in [0.3, 0.4) is 0 Å². The van der Waals surface area contributed by atoms with Crippen LogP contribution in [-0.2, 0) is 14.3 Å². The summed E-state index contributed by atoms with van der Waals surface area (Å²) in [5.41, 5.74) is 0. The topological polar surface area (TPSA) is 189 Å². The number of hydrogen-bond acceptors (Lipinski definition) is 10. The van der Waals surface area contributed by atoms with Crippen molar-refractivity contribution in [2.75, 3.05) is 13.2 Å². The number of nitrogens with one attached hydrogen (secondary N) is 1. The fourth-order valence-corrected chi connectivity index (χ4v) is 8.14. The second-order valence-electron chi connectivity index (χ2n) is 17.9. The van der Waals surface area contributed by atoms with E-state index < -0.39 is 74.2 Å². The van der Waals surface area contributed by atoms with Crippen LogP contribution in [0.5, 0.6) is 0 Å². The molecule has 1 fully saturated rings. The average Bonchev–Trinajstić information content (AvgIpc) is 3.25. The molecule has 11 nitrogen and oxygen atoms in total. The molecule has 60 heavy (non-hydrogen) atoms. The first-order chi connectivity index (χ1) is 29.2. The fourth-order valence-electron chi connectivity index (χ4n) is 8.14. The molecule has 1 heterocycles. The molecule has 0 spiro atoms. The van der Waals surface area contributed by atoms with Gasteiger partial charge in [0.05, 0.1) is 25.4 Å². The monoisotopic (exact) mass is 858 g/mol. The summed E-state index contributed by atoms with van der Waals surface area (Å²) in [6.07, 6.45) is 31.1. The molecule has 1 rings (SSSR count). The van der Waals surface area contributed by atoms with Gasteiger partial charge in [-0.25, -0.2) is 0 Å². The summed E-state index contributed by atoms with van der Waals surface area (Å²) in [6, 6.07) is -1.17. The van der Waals surface area contributed by atoms with Crippen LogP contribution in [0.15, 0.2) is 12.2 Å². The summed E-state index contributed by atoms with van der Waals surface area (Å²) in [5, 5.41) is 75.8. The van der Waals surface area contributed by atoms with Gasteiger partial charge in [-0.2, -0.15) is 0 Å². The van der Waals surface area contributed by atoms with E-state index in [2.05, 4.69) is 31.3 Å². The van der Waals surface area contributed by atoms with E-state index >= 15 is 0 Å². The van der Waals surface area contributed by atoms with Crippen molar-refractivity contribution in [3.63, 3.8) is 0 Å². The molecule has 0 radical (unpaired) electrons. The van der Waals surface area contributed by atoms with Gasteiger partial charge in [0.1, 0.15) is 36.6 Å². The van der Waals surface area contributed by atoms with Crippen LogP contribution < -0.4 is 5.32 Å². The molecule has 0 bridgehead atoms. The van der Waals surface area contributed by atoms with Crippen LogP contribution >= 0.6 is 0 Å². The Hall–Kier alpha value is -1.15. The van der Waals surface area contributed by atoms with E-state index in [1.54, 1.807) is 0 Å². The van der Waals surface area contributed by atoms with Gasteiger partial charge in [0.25, 0.3) is 0 Å². The van der Waals surface area contributed by atoms with Gasteiger partial charge in [0.2, 0.25) is 5.91 Å². The Morgan fingerprint density at radius 2 is 0.967 bits per heavy atom. The highest BCUT2D eigenvalue weighted by Gasteiger charge is 2.44. The Bertz CT molecular complexity index is 986. The lowest BCUT2D eigenvalue weighted by Gasteiger charge is -2.40. The van der Waals surface area contributed by atoms with Gasteiger partial charge in [-0.05, 0) is 38.5 Å². The number of amides is 1. The van der Waals surface area contributed by atoms with Crippen molar-refractivity contribution in [1.29, 1.82) is 0 Å². The summed E-state index contributed by atoms with van der Waals surface area (Å²) in [4.78, 5) is 13.1. The molecule has 0 aliphatic carbocycles. The number of carbonyl (C=O) groups is 1. The van der Waals surface area contributed by atoms with Gasteiger partial charge in [-0.3, -0.25) is 4.79 Å². The summed E-state index contributed by atoms with van der Waals surface area (Å²) in [7, 11) is 0. The van der Waals surface area contributed by atoms with Gasteiger partial charge in [-0.15, -0.1) is 0 Å². The normalized spacial score (nSPS) is 21.6. The maximum Gasteiger partial charge on any atom is 0.249 e. The van der Waals surface area contributed by atoms with Gasteiger partial charge >= 0.3 is 0 Å². The standard InChI is InChI=1S/C49H95NO10/c1-3-5-7-9-11-13-15-17-18-19-20-21-22-23-25-27-29-31-33-35-37-42(53)48(58)50-40(39-59-49-47(57)46(56)45(55)43(38-51)60-49)44(54)41(52)36-34-32-30-28-26-24-16-14-12-10-8-6-4-2/h21-22,40-47,49,51-57H,3-20,23-39H2,1-2H3,(H,50,58)/b22-21-. The van der Waals surface area contributed by atoms with Crippen molar-refractivity contribution < 1.29 is 50.0 Å². The largest absolute Gasteiger partial charge is 0.394 e. The number of allylic oxidation sites excluding steroid dienone is 2. The number of unbranched alkanes of at least 4 members (excludes halogenated alkanes) is 28. The lowest BCUT2D eigenvalue weighted by Crippen LogP contribution is -2.60. The molecule has 9 atom stereocenters. The quantitative estimate of drug-likeness (QED) is 0.0218. The molecule has 1 aliphatic rings. The highest BCUT2D eigenvalue weighted by Crippen LogP contribution is 2.23. The van der Waals surface area contributed by atoms with E-state index in [1.165, 1.54) is 135 Å². The Balaban J connectivity index is 2.39. The Kier molecular flexibility index (Phi) is 37.4. The van der Waals surface area contributed by atoms with Crippen LogP contribution in [0.25, 0.3) is 0 Å². The lowest BCUT2D eigenvalue weighted by atomic mass is 9.98. The van der Waals surface area contributed by atoms with E-state index in [9.17, 15) is 40.5 Å². The molecule has 11 heteroatoms. The highest BCUT2D eigenvalue weighted by molar-refractivity contribution is 5.80. The zero-order valence-electron chi connectivity index (χ0n) is 38.5. The van der Waals surface area contributed by atoms with Crippen LogP contribution in [0.1, 0.15) is 226 Å². The van der Waals surface area contributed by atoms with Crippen molar-refractivity contribution in [2.45, 2.75) is 281 Å². The van der Waals surface area contributed by atoms with Crippen molar-refractivity contribution in [3.05, 3.63) is 12.2 Å². The molecule has 0 aromatic rings. The number of hydrogen-bond donors (Lipinski definition) is 8. The van der Waals surface area contributed by atoms with E-state index in [-0.39, 0.29) is 6.42 Å².